The Hall–Kier alpha value is -1.28. The summed E-state index contributed by atoms with van der Waals surface area (Å²) in [5, 5.41) is 1.40. The third kappa shape index (κ3) is 2.52. The van der Waals surface area contributed by atoms with Crippen molar-refractivity contribution in [2.45, 2.75) is 39.2 Å². The molecular formula is C15H22N2. The molecule has 1 aromatic heterocycles. The van der Waals surface area contributed by atoms with Gasteiger partial charge in [0.25, 0.3) is 0 Å². The highest BCUT2D eigenvalue weighted by Gasteiger charge is 2.07. The van der Waals surface area contributed by atoms with E-state index in [1.807, 2.05) is 0 Å². The van der Waals surface area contributed by atoms with Gasteiger partial charge >= 0.3 is 0 Å². The summed E-state index contributed by atoms with van der Waals surface area (Å²) in [6, 6.07) is 7.05. The zero-order chi connectivity index (χ0) is 12.4. The number of hydrogen-bond acceptors (Lipinski definition) is 1. The summed E-state index contributed by atoms with van der Waals surface area (Å²) in [5.74, 6) is 0. The first-order valence-corrected chi connectivity index (χ1v) is 6.44. The van der Waals surface area contributed by atoms with Crippen LogP contribution in [0.2, 0.25) is 0 Å². The Morgan fingerprint density at radius 3 is 2.76 bits per heavy atom. The van der Waals surface area contributed by atoms with Crippen LogP contribution in [0.3, 0.4) is 0 Å². The van der Waals surface area contributed by atoms with Crippen LogP contribution in [-0.2, 0) is 19.9 Å². The van der Waals surface area contributed by atoms with E-state index >= 15 is 0 Å². The maximum Gasteiger partial charge on any atom is 0.0480 e. The van der Waals surface area contributed by atoms with E-state index < -0.39 is 0 Å². The van der Waals surface area contributed by atoms with Crippen LogP contribution in [0, 0.1) is 0 Å². The minimum atomic E-state index is 0.277. The van der Waals surface area contributed by atoms with Gasteiger partial charge in [-0.3, -0.25) is 0 Å². The normalized spacial score (nSPS) is 13.2. The fraction of sp³-hybridized carbons (Fsp3) is 0.467. The molecule has 1 unspecified atom stereocenters. The predicted octanol–water partition coefficient (Wildman–Crippen LogP) is 3.02. The number of hydrogen-bond donors (Lipinski definition) is 1. The number of aryl methyl sites for hydroxylation is 3. The molecule has 2 N–H and O–H groups in total. The SMILES string of the molecule is CCc1ccc2c(c1)c(CCC(C)N)cn2C. The first-order chi connectivity index (χ1) is 8.11. The standard InChI is InChI=1S/C15H22N2/c1-4-12-6-8-15-14(9-12)13(10-17(15)3)7-5-11(2)16/h6,8-11H,4-5,7,16H2,1-3H3. The number of fused-ring (bicyclic) bond motifs is 1. The molecule has 1 heterocycles. The molecular weight excluding hydrogens is 208 g/mol. The zero-order valence-electron chi connectivity index (χ0n) is 11.0. The second kappa shape index (κ2) is 4.92. The Kier molecular flexibility index (Phi) is 3.53. The van der Waals surface area contributed by atoms with Crippen LogP contribution >= 0.6 is 0 Å². The molecule has 2 heteroatoms. The highest BCUT2D eigenvalue weighted by Crippen LogP contribution is 2.23. The lowest BCUT2D eigenvalue weighted by Gasteiger charge is -2.04. The number of aromatic nitrogens is 1. The van der Waals surface area contributed by atoms with Crippen molar-refractivity contribution in [2.24, 2.45) is 12.8 Å². The zero-order valence-corrected chi connectivity index (χ0v) is 11.0. The summed E-state index contributed by atoms with van der Waals surface area (Å²) < 4.78 is 2.21. The molecule has 0 spiro atoms. The van der Waals surface area contributed by atoms with Crippen molar-refractivity contribution in [2.75, 3.05) is 0 Å². The number of rotatable bonds is 4. The van der Waals surface area contributed by atoms with Crippen molar-refractivity contribution in [3.63, 3.8) is 0 Å². The third-order valence-electron chi connectivity index (χ3n) is 3.41. The summed E-state index contributed by atoms with van der Waals surface area (Å²) >= 11 is 0. The molecule has 1 aromatic carbocycles. The average molecular weight is 230 g/mol. The first kappa shape index (κ1) is 12.2. The lowest BCUT2D eigenvalue weighted by atomic mass is 10.0. The van der Waals surface area contributed by atoms with E-state index in [4.69, 9.17) is 5.73 Å². The molecule has 0 saturated carbocycles. The number of benzene rings is 1. The second-order valence-electron chi connectivity index (χ2n) is 4.99. The lowest BCUT2D eigenvalue weighted by Crippen LogP contribution is -2.15. The van der Waals surface area contributed by atoms with Crippen LogP contribution in [0.25, 0.3) is 10.9 Å². The first-order valence-electron chi connectivity index (χ1n) is 6.44. The van der Waals surface area contributed by atoms with Gasteiger partial charge in [0.2, 0.25) is 0 Å². The quantitative estimate of drug-likeness (QED) is 0.860. The second-order valence-corrected chi connectivity index (χ2v) is 4.99. The monoisotopic (exact) mass is 230 g/mol. The Morgan fingerprint density at radius 2 is 2.12 bits per heavy atom. The van der Waals surface area contributed by atoms with Gasteiger partial charge in [-0.1, -0.05) is 13.0 Å². The largest absolute Gasteiger partial charge is 0.350 e. The Balaban J connectivity index is 2.40. The summed E-state index contributed by atoms with van der Waals surface area (Å²) in [6.07, 6.45) is 5.46. The molecule has 2 nitrogen and oxygen atoms in total. The molecule has 17 heavy (non-hydrogen) atoms. The van der Waals surface area contributed by atoms with Crippen LogP contribution in [0.15, 0.2) is 24.4 Å². The van der Waals surface area contributed by atoms with Crippen LogP contribution in [0.1, 0.15) is 31.4 Å². The highest BCUT2D eigenvalue weighted by molar-refractivity contribution is 5.84. The van der Waals surface area contributed by atoms with Crippen molar-refractivity contribution in [1.82, 2.24) is 4.57 Å². The van der Waals surface area contributed by atoms with E-state index in [1.165, 1.54) is 22.0 Å². The molecule has 0 fully saturated rings. The molecule has 2 rings (SSSR count). The fourth-order valence-electron chi connectivity index (χ4n) is 2.32. The van der Waals surface area contributed by atoms with Crippen molar-refractivity contribution in [3.05, 3.63) is 35.5 Å². The van der Waals surface area contributed by atoms with Gasteiger partial charge in [0, 0.05) is 30.2 Å². The Labute approximate surface area is 103 Å². The molecule has 92 valence electrons. The van der Waals surface area contributed by atoms with E-state index in [-0.39, 0.29) is 6.04 Å². The van der Waals surface area contributed by atoms with Crippen LogP contribution in [-0.4, -0.2) is 10.6 Å². The molecule has 1 atom stereocenters. The lowest BCUT2D eigenvalue weighted by molar-refractivity contribution is 0.667. The minimum absolute atomic E-state index is 0.277. The van der Waals surface area contributed by atoms with Crippen LogP contribution in [0.5, 0.6) is 0 Å². The summed E-state index contributed by atoms with van der Waals surface area (Å²) in [4.78, 5) is 0. The van der Waals surface area contributed by atoms with E-state index in [9.17, 15) is 0 Å². The van der Waals surface area contributed by atoms with Crippen molar-refractivity contribution in [1.29, 1.82) is 0 Å². The van der Waals surface area contributed by atoms with Crippen molar-refractivity contribution >= 4 is 10.9 Å². The van der Waals surface area contributed by atoms with Crippen LogP contribution < -0.4 is 5.73 Å². The van der Waals surface area contributed by atoms with Gasteiger partial charge in [-0.2, -0.15) is 0 Å². The fourth-order valence-corrected chi connectivity index (χ4v) is 2.32. The smallest absolute Gasteiger partial charge is 0.0480 e. The Morgan fingerprint density at radius 1 is 1.35 bits per heavy atom. The van der Waals surface area contributed by atoms with Gasteiger partial charge in [0.05, 0.1) is 0 Å². The van der Waals surface area contributed by atoms with Gasteiger partial charge < -0.3 is 10.3 Å². The van der Waals surface area contributed by atoms with Crippen molar-refractivity contribution in [3.8, 4) is 0 Å². The van der Waals surface area contributed by atoms with Gasteiger partial charge in [-0.25, -0.2) is 0 Å². The van der Waals surface area contributed by atoms with Gasteiger partial charge in [0.1, 0.15) is 0 Å². The predicted molar refractivity (Wildman–Crippen MR) is 74.3 cm³/mol. The van der Waals surface area contributed by atoms with Gasteiger partial charge in [0.15, 0.2) is 0 Å². The van der Waals surface area contributed by atoms with Crippen molar-refractivity contribution < 1.29 is 0 Å². The summed E-state index contributed by atoms with van der Waals surface area (Å²) in [6.45, 7) is 4.27. The van der Waals surface area contributed by atoms with E-state index in [0.29, 0.717) is 0 Å². The molecule has 0 bridgehead atoms. The Bertz CT molecular complexity index is 509. The maximum absolute atomic E-state index is 5.84. The minimum Gasteiger partial charge on any atom is -0.350 e. The van der Waals surface area contributed by atoms with E-state index in [2.05, 4.69) is 49.9 Å². The maximum atomic E-state index is 5.84. The molecule has 0 aliphatic heterocycles. The summed E-state index contributed by atoms with van der Waals surface area (Å²) in [5.41, 5.74) is 10.00. The van der Waals surface area contributed by atoms with E-state index in [1.54, 1.807) is 0 Å². The number of nitrogens with two attached hydrogens (primary N) is 1. The molecule has 0 aliphatic carbocycles. The molecule has 0 aliphatic rings. The van der Waals surface area contributed by atoms with Crippen LogP contribution in [0.4, 0.5) is 0 Å². The van der Waals surface area contributed by atoms with Gasteiger partial charge in [-0.15, -0.1) is 0 Å². The summed E-state index contributed by atoms with van der Waals surface area (Å²) in [7, 11) is 2.11. The molecule has 2 aromatic rings. The topological polar surface area (TPSA) is 30.9 Å². The van der Waals surface area contributed by atoms with E-state index in [0.717, 1.165) is 19.3 Å². The number of nitrogens with zero attached hydrogens (tertiary/aromatic N) is 1. The average Bonchev–Trinajstić information content (AvgIpc) is 2.63. The van der Waals surface area contributed by atoms with Gasteiger partial charge in [-0.05, 0) is 49.4 Å². The molecule has 0 radical (unpaired) electrons. The molecule has 0 amide bonds. The highest BCUT2D eigenvalue weighted by atomic mass is 14.9. The third-order valence-corrected chi connectivity index (χ3v) is 3.41. The molecule has 0 saturated heterocycles.